The monoisotopic (exact) mass is 370 g/mol. The summed E-state index contributed by atoms with van der Waals surface area (Å²) in [6, 6.07) is 7.81. The van der Waals surface area contributed by atoms with E-state index >= 15 is 0 Å². The van der Waals surface area contributed by atoms with Crippen LogP contribution in [0.15, 0.2) is 30.5 Å². The lowest BCUT2D eigenvalue weighted by molar-refractivity contribution is -0.645. The molecule has 0 saturated heterocycles. The van der Waals surface area contributed by atoms with Crippen molar-refractivity contribution in [2.45, 2.75) is 25.4 Å². The molecule has 0 aliphatic rings. The van der Waals surface area contributed by atoms with Gasteiger partial charge in [-0.25, -0.2) is 0 Å². The number of amides is 1. The fraction of sp³-hybridized carbons (Fsp3) is 0.444. The third kappa shape index (κ3) is 5.00. The van der Waals surface area contributed by atoms with E-state index in [1.807, 2.05) is 47.4 Å². The van der Waals surface area contributed by atoms with Crippen molar-refractivity contribution in [3.8, 4) is 5.75 Å². The van der Waals surface area contributed by atoms with Crippen LogP contribution in [0.4, 0.5) is 18.9 Å². The number of carbonyl (C=O) groups is 1. The van der Waals surface area contributed by atoms with Crippen molar-refractivity contribution in [2.75, 3.05) is 25.5 Å². The van der Waals surface area contributed by atoms with Gasteiger partial charge in [0.05, 0.1) is 18.2 Å². The molecule has 1 amide bonds. The topological polar surface area (TPSA) is 54.2 Å². The van der Waals surface area contributed by atoms with Crippen molar-refractivity contribution in [2.24, 2.45) is 7.05 Å². The molecule has 1 aromatic heterocycles. The molecule has 0 aliphatic heterocycles. The maximum atomic E-state index is 12.0. The first-order valence-electron chi connectivity index (χ1n) is 8.39. The lowest BCUT2D eigenvalue weighted by Gasteiger charge is -2.11. The molecule has 0 aliphatic carbocycles. The van der Waals surface area contributed by atoms with Crippen LogP contribution in [0.1, 0.15) is 19.3 Å². The number of nitrogens with one attached hydrogen (secondary N) is 2. The van der Waals surface area contributed by atoms with Crippen LogP contribution in [0.25, 0.3) is 10.9 Å². The SMILES string of the molecule is COc1cccc2c(NCCCCCNC(=O)C(F)(F)F)cc[n+](C)c12. The minimum atomic E-state index is -4.81. The van der Waals surface area contributed by atoms with Crippen molar-refractivity contribution < 1.29 is 27.3 Å². The molecule has 0 bridgehead atoms. The molecule has 2 aromatic rings. The first-order chi connectivity index (χ1) is 12.3. The van der Waals surface area contributed by atoms with E-state index in [0.717, 1.165) is 28.8 Å². The predicted octanol–water partition coefficient (Wildman–Crippen LogP) is 2.93. The summed E-state index contributed by atoms with van der Waals surface area (Å²) >= 11 is 0. The predicted molar refractivity (Wildman–Crippen MR) is 93.1 cm³/mol. The molecule has 0 spiro atoms. The number of aryl methyl sites for hydroxylation is 1. The van der Waals surface area contributed by atoms with E-state index in [1.54, 1.807) is 7.11 Å². The number of methoxy groups -OCH3 is 1. The summed E-state index contributed by atoms with van der Waals surface area (Å²) in [5.74, 6) is -1.10. The molecule has 0 unspecified atom stereocenters. The highest BCUT2D eigenvalue weighted by Gasteiger charge is 2.38. The molecule has 5 nitrogen and oxygen atoms in total. The van der Waals surface area contributed by atoms with Crippen LogP contribution < -0.4 is 19.9 Å². The number of rotatable bonds is 8. The number of alkyl halides is 3. The number of unbranched alkanes of at least 4 members (excludes halogenated alkanes) is 2. The molecule has 0 atom stereocenters. The Labute approximate surface area is 150 Å². The Morgan fingerprint density at radius 3 is 2.58 bits per heavy atom. The van der Waals surface area contributed by atoms with Gasteiger partial charge < -0.3 is 15.4 Å². The third-order valence-electron chi connectivity index (χ3n) is 4.04. The highest BCUT2D eigenvalue weighted by Crippen LogP contribution is 2.27. The van der Waals surface area contributed by atoms with E-state index in [4.69, 9.17) is 4.74 Å². The van der Waals surface area contributed by atoms with Crippen molar-refractivity contribution in [3.63, 3.8) is 0 Å². The fourth-order valence-corrected chi connectivity index (χ4v) is 2.72. The number of pyridine rings is 1. The molecule has 142 valence electrons. The van der Waals surface area contributed by atoms with Gasteiger partial charge in [0.25, 0.3) is 5.52 Å². The smallest absolute Gasteiger partial charge is 0.471 e. The van der Waals surface area contributed by atoms with Crippen LogP contribution >= 0.6 is 0 Å². The summed E-state index contributed by atoms with van der Waals surface area (Å²) in [4.78, 5) is 10.7. The van der Waals surface area contributed by atoms with E-state index < -0.39 is 12.1 Å². The number of hydrogen-bond donors (Lipinski definition) is 2. The molecule has 0 radical (unpaired) electrons. The lowest BCUT2D eigenvalue weighted by atomic mass is 10.1. The zero-order valence-electron chi connectivity index (χ0n) is 14.8. The largest absolute Gasteiger partial charge is 0.490 e. The average molecular weight is 370 g/mol. The molecule has 8 heteroatoms. The number of para-hydroxylation sites is 1. The first kappa shape index (κ1) is 19.8. The number of aromatic nitrogens is 1. The standard InChI is InChI=1S/C18H22F3N3O2/c1-24-12-9-14(13-7-6-8-15(26-2)16(13)24)22-10-4-3-5-11-23-17(25)18(19,20)21/h6-9,12H,3-5,10-11H2,1-2H3,(H,23,25)/p+1. The minimum Gasteiger partial charge on any atom is -0.490 e. The van der Waals surface area contributed by atoms with Crippen LogP contribution in [0.5, 0.6) is 5.75 Å². The van der Waals surface area contributed by atoms with Crippen LogP contribution in [-0.2, 0) is 11.8 Å². The van der Waals surface area contributed by atoms with Gasteiger partial charge in [0.2, 0.25) is 0 Å². The minimum absolute atomic E-state index is 0.0274. The summed E-state index contributed by atoms with van der Waals surface area (Å²) in [6.07, 6.45) is -0.865. The molecular weight excluding hydrogens is 347 g/mol. The van der Waals surface area contributed by atoms with Gasteiger partial charge in [0.1, 0.15) is 7.05 Å². The number of fused-ring (bicyclic) bond motifs is 1. The van der Waals surface area contributed by atoms with Crippen molar-refractivity contribution >= 4 is 22.5 Å². The molecular formula is C18H23F3N3O2+. The van der Waals surface area contributed by atoms with E-state index in [-0.39, 0.29) is 6.54 Å². The maximum absolute atomic E-state index is 12.0. The van der Waals surface area contributed by atoms with Crippen LogP contribution in [-0.4, -0.2) is 32.3 Å². The van der Waals surface area contributed by atoms with Gasteiger partial charge in [-0.05, 0) is 31.4 Å². The Bertz CT molecular complexity index is 763. The number of carbonyl (C=O) groups excluding carboxylic acids is 1. The number of halogens is 3. The number of anilines is 1. The number of ether oxygens (including phenoxy) is 1. The summed E-state index contributed by atoms with van der Waals surface area (Å²) < 4.78 is 43.5. The van der Waals surface area contributed by atoms with Gasteiger partial charge >= 0.3 is 12.1 Å². The van der Waals surface area contributed by atoms with Gasteiger partial charge in [0, 0.05) is 19.2 Å². The zero-order chi connectivity index (χ0) is 19.2. The average Bonchev–Trinajstić information content (AvgIpc) is 2.61. The highest BCUT2D eigenvalue weighted by atomic mass is 19.4. The lowest BCUT2D eigenvalue weighted by Crippen LogP contribution is -2.37. The van der Waals surface area contributed by atoms with Gasteiger partial charge in [-0.3, -0.25) is 4.79 Å². The van der Waals surface area contributed by atoms with E-state index in [0.29, 0.717) is 19.4 Å². The number of nitrogens with zero attached hydrogens (tertiary/aromatic N) is 1. The Morgan fingerprint density at radius 1 is 1.15 bits per heavy atom. The van der Waals surface area contributed by atoms with Crippen molar-refractivity contribution in [3.05, 3.63) is 30.5 Å². The molecule has 2 rings (SSSR count). The van der Waals surface area contributed by atoms with E-state index in [1.165, 1.54) is 0 Å². The quantitative estimate of drug-likeness (QED) is 0.555. The second-order valence-corrected chi connectivity index (χ2v) is 5.94. The Kier molecular flexibility index (Phi) is 6.65. The summed E-state index contributed by atoms with van der Waals surface area (Å²) in [6.45, 7) is 0.715. The number of hydrogen-bond acceptors (Lipinski definition) is 3. The van der Waals surface area contributed by atoms with Crippen LogP contribution in [0.3, 0.4) is 0 Å². The summed E-state index contributed by atoms with van der Waals surface area (Å²) in [5, 5.41) is 6.26. The summed E-state index contributed by atoms with van der Waals surface area (Å²) in [5.41, 5.74) is 1.96. The van der Waals surface area contributed by atoms with Crippen LogP contribution in [0.2, 0.25) is 0 Å². The Hall–Kier alpha value is -2.51. The maximum Gasteiger partial charge on any atom is 0.471 e. The van der Waals surface area contributed by atoms with E-state index in [2.05, 4.69) is 5.32 Å². The molecule has 1 aromatic carbocycles. The van der Waals surface area contributed by atoms with Gasteiger partial charge in [0.15, 0.2) is 11.9 Å². The molecule has 0 fully saturated rings. The molecule has 1 heterocycles. The second kappa shape index (κ2) is 8.73. The first-order valence-corrected chi connectivity index (χ1v) is 8.39. The normalized spacial score (nSPS) is 11.4. The zero-order valence-corrected chi connectivity index (χ0v) is 14.8. The Morgan fingerprint density at radius 2 is 1.88 bits per heavy atom. The van der Waals surface area contributed by atoms with Gasteiger partial charge in [-0.1, -0.05) is 6.07 Å². The van der Waals surface area contributed by atoms with Crippen molar-refractivity contribution in [1.82, 2.24) is 5.32 Å². The fourth-order valence-electron chi connectivity index (χ4n) is 2.72. The van der Waals surface area contributed by atoms with Crippen LogP contribution in [0, 0.1) is 0 Å². The van der Waals surface area contributed by atoms with Gasteiger partial charge in [-0.2, -0.15) is 17.7 Å². The third-order valence-corrected chi connectivity index (χ3v) is 4.04. The summed E-state index contributed by atoms with van der Waals surface area (Å²) in [7, 11) is 3.58. The molecule has 0 saturated carbocycles. The molecule has 26 heavy (non-hydrogen) atoms. The van der Waals surface area contributed by atoms with Crippen molar-refractivity contribution in [1.29, 1.82) is 0 Å². The van der Waals surface area contributed by atoms with E-state index in [9.17, 15) is 18.0 Å². The molecule has 2 N–H and O–H groups in total. The highest BCUT2D eigenvalue weighted by molar-refractivity contribution is 5.92. The second-order valence-electron chi connectivity index (χ2n) is 5.94. The Balaban J connectivity index is 1.82. The van der Waals surface area contributed by atoms with Gasteiger partial charge in [-0.15, -0.1) is 0 Å². The number of benzene rings is 1.